The summed E-state index contributed by atoms with van der Waals surface area (Å²) in [6.45, 7) is 8.85. The van der Waals surface area contributed by atoms with E-state index in [9.17, 15) is 9.90 Å². The highest BCUT2D eigenvalue weighted by atomic mass is 16.6. The maximum atomic E-state index is 13.1. The molecule has 196 valence electrons. The monoisotopic (exact) mass is 500 g/mol. The lowest BCUT2D eigenvalue weighted by Crippen LogP contribution is -2.55. The first-order chi connectivity index (χ1) is 18.0. The van der Waals surface area contributed by atoms with Crippen LogP contribution in [0.3, 0.4) is 0 Å². The van der Waals surface area contributed by atoms with Crippen molar-refractivity contribution in [3.05, 3.63) is 83.4 Å². The first-order valence-electron chi connectivity index (χ1n) is 14.1. The Balaban J connectivity index is 1.16. The van der Waals surface area contributed by atoms with Gasteiger partial charge in [0.15, 0.2) is 0 Å². The van der Waals surface area contributed by atoms with Crippen molar-refractivity contribution in [2.45, 2.75) is 51.4 Å². The largest absolute Gasteiger partial charge is 0.461 e. The third-order valence-electron chi connectivity index (χ3n) is 10.0. The van der Waals surface area contributed by atoms with Gasteiger partial charge in [-0.05, 0) is 29.9 Å². The first-order valence-corrected chi connectivity index (χ1v) is 14.1. The van der Waals surface area contributed by atoms with E-state index in [4.69, 9.17) is 4.74 Å². The van der Waals surface area contributed by atoms with E-state index >= 15 is 0 Å². The zero-order valence-electron chi connectivity index (χ0n) is 22.1. The van der Waals surface area contributed by atoms with Crippen LogP contribution in [-0.4, -0.2) is 65.8 Å². The van der Waals surface area contributed by atoms with Crippen LogP contribution in [0.15, 0.2) is 72.3 Å². The number of hydrogen-bond donors (Lipinski definition) is 1. The Morgan fingerprint density at radius 3 is 2.24 bits per heavy atom. The Morgan fingerprint density at radius 1 is 1.00 bits per heavy atom. The molecule has 0 amide bonds. The van der Waals surface area contributed by atoms with Crippen LogP contribution in [0.1, 0.15) is 50.3 Å². The number of hydrogen-bond acceptors (Lipinski definition) is 5. The van der Waals surface area contributed by atoms with Crippen LogP contribution in [-0.2, 0) is 9.53 Å². The fourth-order valence-corrected chi connectivity index (χ4v) is 7.64. The molecular weight excluding hydrogens is 460 g/mol. The maximum Gasteiger partial charge on any atom is 0.311 e. The van der Waals surface area contributed by atoms with Gasteiger partial charge in [0, 0.05) is 50.5 Å². The van der Waals surface area contributed by atoms with Gasteiger partial charge < -0.3 is 9.84 Å². The molecule has 4 aliphatic rings. The zero-order valence-corrected chi connectivity index (χ0v) is 22.1. The molecule has 0 radical (unpaired) electrons. The summed E-state index contributed by atoms with van der Waals surface area (Å²) in [4.78, 5) is 18.1. The number of piperazine rings is 1. The van der Waals surface area contributed by atoms with Gasteiger partial charge in [0.25, 0.3) is 0 Å². The molecule has 3 fully saturated rings. The zero-order chi connectivity index (χ0) is 25.6. The van der Waals surface area contributed by atoms with Gasteiger partial charge in [0.1, 0.15) is 6.10 Å². The summed E-state index contributed by atoms with van der Waals surface area (Å²) >= 11 is 0. The van der Waals surface area contributed by atoms with Crippen LogP contribution in [0.2, 0.25) is 0 Å². The Hall–Kier alpha value is -2.47. The van der Waals surface area contributed by atoms with Crippen molar-refractivity contribution in [1.29, 1.82) is 0 Å². The lowest BCUT2D eigenvalue weighted by molar-refractivity contribution is -0.145. The minimum absolute atomic E-state index is 0.113. The molecule has 2 aromatic carbocycles. The fourth-order valence-electron chi connectivity index (χ4n) is 7.64. The fraction of sp³-hybridized carbons (Fsp3) is 0.531. The van der Waals surface area contributed by atoms with Crippen molar-refractivity contribution >= 4 is 5.97 Å². The summed E-state index contributed by atoms with van der Waals surface area (Å²) in [6.07, 6.45) is 4.53. The van der Waals surface area contributed by atoms with Gasteiger partial charge in [-0.25, -0.2) is 0 Å². The van der Waals surface area contributed by atoms with E-state index in [1.165, 1.54) is 16.7 Å². The van der Waals surface area contributed by atoms with E-state index in [0.717, 1.165) is 45.4 Å². The molecule has 2 aromatic rings. The topological polar surface area (TPSA) is 53.0 Å². The summed E-state index contributed by atoms with van der Waals surface area (Å²) in [7, 11) is 0. The summed E-state index contributed by atoms with van der Waals surface area (Å²) in [5.41, 5.74) is 3.68. The molecule has 6 atom stereocenters. The van der Waals surface area contributed by atoms with Crippen molar-refractivity contribution in [3.63, 3.8) is 0 Å². The number of aliphatic hydroxyl groups excluding tert-OH is 1. The number of allylic oxidation sites excluding steroid dienone is 1. The molecule has 2 heterocycles. The predicted octanol–water partition coefficient (Wildman–Crippen LogP) is 4.68. The highest BCUT2D eigenvalue weighted by Crippen LogP contribution is 2.56. The molecule has 37 heavy (non-hydrogen) atoms. The molecule has 2 aliphatic heterocycles. The van der Waals surface area contributed by atoms with Crippen molar-refractivity contribution in [2.75, 3.05) is 32.7 Å². The van der Waals surface area contributed by atoms with Crippen LogP contribution >= 0.6 is 0 Å². The Morgan fingerprint density at radius 2 is 1.62 bits per heavy atom. The number of ether oxygens (including phenoxy) is 1. The van der Waals surface area contributed by atoms with E-state index in [1.54, 1.807) is 0 Å². The average molecular weight is 501 g/mol. The standard InChI is InChI=1S/C32H40N2O3/c1-22-10-9-15-25-20-27-28(30(35)32(22,25)2)26(31(36)37-27)21-33-16-18-34(19-17-33)29(23-11-5-3-6-12-23)24-13-7-4-8-14-24/h3-8,11-15,22,26-30,35H,9-10,16-21H2,1-2H3/t22-,26-,27-,28+,30+,32-/m1/s1. The second kappa shape index (κ2) is 10.0. The molecule has 6 rings (SSSR count). The Kier molecular flexibility index (Phi) is 6.72. The van der Waals surface area contributed by atoms with Crippen molar-refractivity contribution in [1.82, 2.24) is 9.80 Å². The van der Waals surface area contributed by atoms with Crippen molar-refractivity contribution in [2.24, 2.45) is 23.2 Å². The minimum atomic E-state index is -0.536. The summed E-state index contributed by atoms with van der Waals surface area (Å²) in [5, 5.41) is 11.7. The van der Waals surface area contributed by atoms with Gasteiger partial charge >= 0.3 is 5.97 Å². The van der Waals surface area contributed by atoms with E-state index in [1.807, 2.05) is 0 Å². The summed E-state index contributed by atoms with van der Waals surface area (Å²) < 4.78 is 5.92. The number of benzene rings is 2. The van der Waals surface area contributed by atoms with Gasteiger partial charge in [-0.3, -0.25) is 14.6 Å². The molecule has 1 saturated carbocycles. The van der Waals surface area contributed by atoms with Crippen LogP contribution in [0.5, 0.6) is 0 Å². The third kappa shape index (κ3) is 4.35. The second-order valence-corrected chi connectivity index (χ2v) is 11.9. The smallest absolute Gasteiger partial charge is 0.311 e. The average Bonchev–Trinajstić information content (AvgIpc) is 3.23. The van der Waals surface area contributed by atoms with Crippen LogP contribution in [0.4, 0.5) is 0 Å². The van der Waals surface area contributed by atoms with Gasteiger partial charge in [-0.15, -0.1) is 0 Å². The normalized spacial score (nSPS) is 34.5. The number of carbonyl (C=O) groups is 1. The van der Waals surface area contributed by atoms with Gasteiger partial charge in [-0.2, -0.15) is 0 Å². The van der Waals surface area contributed by atoms with Gasteiger partial charge in [0.05, 0.1) is 18.1 Å². The van der Waals surface area contributed by atoms with Crippen LogP contribution in [0, 0.1) is 23.2 Å². The molecule has 0 bridgehead atoms. The first kappa shape index (κ1) is 24.8. The SMILES string of the molecule is C[C@@H]1CCC=C2C[C@H]3OC(=O)[C@H](CN4CCN(C(c5ccccc5)c5ccccc5)CC4)[C@@H]3[C@H](O)[C@@]21C. The lowest BCUT2D eigenvalue weighted by atomic mass is 9.55. The number of nitrogens with zero attached hydrogens (tertiary/aromatic N) is 2. The molecule has 1 N–H and O–H groups in total. The quantitative estimate of drug-likeness (QED) is 0.477. The number of carbonyl (C=O) groups excluding carboxylic acids is 1. The van der Waals surface area contributed by atoms with E-state index in [0.29, 0.717) is 12.5 Å². The number of rotatable bonds is 5. The molecule has 0 unspecified atom stereocenters. The molecule has 0 spiro atoms. The van der Waals surface area contributed by atoms with E-state index < -0.39 is 6.10 Å². The lowest BCUT2D eigenvalue weighted by Gasteiger charge is -2.52. The van der Waals surface area contributed by atoms with Crippen LogP contribution in [0.25, 0.3) is 0 Å². The molecular formula is C32H40N2O3. The van der Waals surface area contributed by atoms with Gasteiger partial charge in [-0.1, -0.05) is 86.2 Å². The number of esters is 1. The van der Waals surface area contributed by atoms with Crippen molar-refractivity contribution in [3.8, 4) is 0 Å². The Labute approximate surface area is 221 Å². The molecule has 0 aromatic heterocycles. The maximum absolute atomic E-state index is 13.1. The molecule has 5 heteroatoms. The second-order valence-electron chi connectivity index (χ2n) is 11.9. The molecule has 2 aliphatic carbocycles. The summed E-state index contributed by atoms with van der Waals surface area (Å²) in [5.74, 6) is -0.0672. The third-order valence-corrected chi connectivity index (χ3v) is 10.0. The minimum Gasteiger partial charge on any atom is -0.461 e. The van der Waals surface area contributed by atoms with E-state index in [-0.39, 0.29) is 35.4 Å². The van der Waals surface area contributed by atoms with E-state index in [2.05, 4.69) is 90.4 Å². The number of aliphatic hydroxyl groups is 1. The highest BCUT2D eigenvalue weighted by Gasteiger charge is 2.59. The number of fused-ring (bicyclic) bond motifs is 2. The Bertz CT molecular complexity index is 1090. The summed E-state index contributed by atoms with van der Waals surface area (Å²) in [6, 6.07) is 21.7. The van der Waals surface area contributed by atoms with Crippen molar-refractivity contribution < 1.29 is 14.6 Å². The molecule has 2 saturated heterocycles. The van der Waals surface area contributed by atoms with Crippen LogP contribution < -0.4 is 0 Å². The predicted molar refractivity (Wildman–Crippen MR) is 145 cm³/mol. The van der Waals surface area contributed by atoms with Gasteiger partial charge in [0.2, 0.25) is 0 Å². The molecule has 5 nitrogen and oxygen atoms in total. The highest BCUT2D eigenvalue weighted by molar-refractivity contribution is 5.76.